The van der Waals surface area contributed by atoms with Gasteiger partial charge in [-0.25, -0.2) is 0 Å². The Morgan fingerprint density at radius 3 is 2.57 bits per heavy atom. The van der Waals surface area contributed by atoms with E-state index in [0.717, 1.165) is 26.7 Å². The number of aryl methyl sites for hydroxylation is 3. The quantitative estimate of drug-likeness (QED) is 0.841. The number of hydrogen-bond donors (Lipinski definition) is 1. The van der Waals surface area contributed by atoms with E-state index < -0.39 is 0 Å². The van der Waals surface area contributed by atoms with Gasteiger partial charge < -0.3 is 9.88 Å². The van der Waals surface area contributed by atoms with Gasteiger partial charge in [0, 0.05) is 11.5 Å². The molecule has 0 saturated carbocycles. The van der Waals surface area contributed by atoms with Gasteiger partial charge in [0.2, 0.25) is 5.91 Å². The fraction of sp³-hybridized carbons (Fsp3) is 0.357. The van der Waals surface area contributed by atoms with E-state index in [1.165, 1.54) is 17.3 Å². The molecule has 0 radical (unpaired) electrons. The molecule has 0 fully saturated rings. The van der Waals surface area contributed by atoms with Crippen molar-refractivity contribution in [3.63, 3.8) is 0 Å². The van der Waals surface area contributed by atoms with Crippen molar-refractivity contribution in [2.75, 3.05) is 11.1 Å². The number of anilines is 1. The van der Waals surface area contributed by atoms with Crippen LogP contribution in [0.4, 0.5) is 5.69 Å². The number of amides is 1. The molecule has 1 heterocycles. The van der Waals surface area contributed by atoms with Gasteiger partial charge in [0.15, 0.2) is 5.16 Å². The lowest BCUT2D eigenvalue weighted by Crippen LogP contribution is -2.15. The molecule has 0 spiro atoms. The van der Waals surface area contributed by atoms with Gasteiger partial charge >= 0.3 is 0 Å². The minimum Gasteiger partial charge on any atom is -0.324 e. The molecule has 0 unspecified atom stereocenters. The highest BCUT2D eigenvalue weighted by molar-refractivity contribution is 9.10. The van der Waals surface area contributed by atoms with Crippen LogP contribution in [0.1, 0.15) is 17.0 Å². The van der Waals surface area contributed by atoms with Crippen LogP contribution in [-0.4, -0.2) is 26.4 Å². The van der Waals surface area contributed by atoms with Crippen LogP contribution >= 0.6 is 27.7 Å². The summed E-state index contributed by atoms with van der Waals surface area (Å²) < 4.78 is 2.75. The zero-order valence-corrected chi connectivity index (χ0v) is 14.8. The van der Waals surface area contributed by atoms with Crippen LogP contribution in [-0.2, 0) is 11.8 Å². The van der Waals surface area contributed by atoms with E-state index in [1.54, 1.807) is 0 Å². The Morgan fingerprint density at radius 2 is 1.95 bits per heavy atom. The van der Waals surface area contributed by atoms with Crippen molar-refractivity contribution in [2.24, 2.45) is 7.05 Å². The number of halogens is 1. The number of hydrogen-bond acceptors (Lipinski definition) is 4. The molecule has 21 heavy (non-hydrogen) atoms. The Kier molecular flexibility index (Phi) is 5.05. The molecule has 5 nitrogen and oxygen atoms in total. The van der Waals surface area contributed by atoms with E-state index >= 15 is 0 Å². The lowest BCUT2D eigenvalue weighted by atomic mass is 10.1. The number of nitrogens with zero attached hydrogens (tertiary/aromatic N) is 3. The maximum Gasteiger partial charge on any atom is 0.234 e. The molecule has 0 bridgehead atoms. The molecular weight excluding hydrogens is 352 g/mol. The van der Waals surface area contributed by atoms with Crippen LogP contribution in [0, 0.1) is 20.8 Å². The highest BCUT2D eigenvalue weighted by atomic mass is 79.9. The molecule has 7 heteroatoms. The Labute approximate surface area is 136 Å². The van der Waals surface area contributed by atoms with Gasteiger partial charge in [-0.15, -0.1) is 10.2 Å². The maximum absolute atomic E-state index is 12.0. The van der Waals surface area contributed by atoms with Crippen molar-refractivity contribution in [3.05, 3.63) is 33.6 Å². The predicted octanol–water partition coefficient (Wildman–Crippen LogP) is 3.23. The number of aromatic nitrogens is 3. The van der Waals surface area contributed by atoms with Crippen molar-refractivity contribution in [1.82, 2.24) is 14.8 Å². The highest BCUT2D eigenvalue weighted by Crippen LogP contribution is 2.26. The number of nitrogens with one attached hydrogen (secondary N) is 1. The summed E-state index contributed by atoms with van der Waals surface area (Å²) in [6.45, 7) is 5.94. The van der Waals surface area contributed by atoms with Gasteiger partial charge in [0.05, 0.1) is 11.4 Å². The molecule has 0 aliphatic carbocycles. The van der Waals surface area contributed by atoms with Gasteiger partial charge in [0.1, 0.15) is 5.82 Å². The first-order valence-electron chi connectivity index (χ1n) is 6.44. The SMILES string of the molecule is Cc1cc(Br)c(NC(=O)CSc2nnc(C)n2C)cc1C. The van der Waals surface area contributed by atoms with Crippen LogP contribution in [0.3, 0.4) is 0 Å². The summed E-state index contributed by atoms with van der Waals surface area (Å²) in [5.41, 5.74) is 3.12. The maximum atomic E-state index is 12.0. The molecular formula is C14H17BrN4OS. The first-order chi connectivity index (χ1) is 9.88. The van der Waals surface area contributed by atoms with E-state index in [1.807, 2.05) is 44.5 Å². The van der Waals surface area contributed by atoms with E-state index in [9.17, 15) is 4.79 Å². The van der Waals surface area contributed by atoms with Gasteiger partial charge in [-0.3, -0.25) is 4.79 Å². The Balaban J connectivity index is 1.99. The zero-order valence-electron chi connectivity index (χ0n) is 12.4. The molecule has 2 aromatic rings. The third kappa shape index (κ3) is 3.85. The van der Waals surface area contributed by atoms with E-state index in [2.05, 4.69) is 31.4 Å². The smallest absolute Gasteiger partial charge is 0.234 e. The van der Waals surface area contributed by atoms with Gasteiger partial charge in [-0.05, 0) is 60.0 Å². The largest absolute Gasteiger partial charge is 0.324 e. The second kappa shape index (κ2) is 6.62. The first-order valence-corrected chi connectivity index (χ1v) is 8.21. The molecule has 0 atom stereocenters. The second-order valence-corrected chi connectivity index (χ2v) is 6.64. The second-order valence-electron chi connectivity index (χ2n) is 4.84. The average Bonchev–Trinajstić information content (AvgIpc) is 2.74. The minimum absolute atomic E-state index is 0.0652. The summed E-state index contributed by atoms with van der Waals surface area (Å²) in [4.78, 5) is 12.0. The lowest BCUT2D eigenvalue weighted by molar-refractivity contribution is -0.113. The molecule has 1 aromatic heterocycles. The van der Waals surface area contributed by atoms with Gasteiger partial charge in [-0.2, -0.15) is 0 Å². The van der Waals surface area contributed by atoms with Crippen LogP contribution < -0.4 is 5.32 Å². The molecule has 1 aromatic carbocycles. The number of carbonyl (C=O) groups excluding carboxylic acids is 1. The molecule has 1 amide bonds. The molecule has 0 aliphatic heterocycles. The molecule has 0 aliphatic rings. The summed E-state index contributed by atoms with van der Waals surface area (Å²) in [6, 6.07) is 3.97. The Hall–Kier alpha value is -1.34. The number of benzene rings is 1. The molecule has 1 N–H and O–H groups in total. The molecule has 112 valence electrons. The minimum atomic E-state index is -0.0652. The normalized spacial score (nSPS) is 10.7. The van der Waals surface area contributed by atoms with Crippen LogP contribution in [0.25, 0.3) is 0 Å². The summed E-state index contributed by atoms with van der Waals surface area (Å²) in [7, 11) is 1.88. The van der Waals surface area contributed by atoms with Crippen LogP contribution in [0.5, 0.6) is 0 Å². The number of rotatable bonds is 4. The zero-order chi connectivity index (χ0) is 15.6. The third-order valence-electron chi connectivity index (χ3n) is 3.24. The molecule has 2 rings (SSSR count). The van der Waals surface area contributed by atoms with E-state index in [4.69, 9.17) is 0 Å². The van der Waals surface area contributed by atoms with Crippen molar-refractivity contribution in [2.45, 2.75) is 25.9 Å². The lowest BCUT2D eigenvalue weighted by Gasteiger charge is -2.10. The summed E-state index contributed by atoms with van der Waals surface area (Å²) in [6.07, 6.45) is 0. The standard InChI is InChI=1S/C14H17BrN4OS/c1-8-5-11(15)12(6-9(8)2)16-13(20)7-21-14-18-17-10(3)19(14)4/h5-6H,7H2,1-4H3,(H,16,20). The van der Waals surface area contributed by atoms with E-state index in [0.29, 0.717) is 5.75 Å². The van der Waals surface area contributed by atoms with Crippen molar-refractivity contribution < 1.29 is 4.79 Å². The highest BCUT2D eigenvalue weighted by Gasteiger charge is 2.11. The number of carbonyl (C=O) groups is 1. The number of thioether (sulfide) groups is 1. The Morgan fingerprint density at radius 1 is 1.29 bits per heavy atom. The van der Waals surface area contributed by atoms with Gasteiger partial charge in [-0.1, -0.05) is 11.8 Å². The molecule has 0 saturated heterocycles. The first kappa shape index (κ1) is 16.0. The van der Waals surface area contributed by atoms with Crippen LogP contribution in [0.15, 0.2) is 21.8 Å². The summed E-state index contributed by atoms with van der Waals surface area (Å²) in [5, 5.41) is 11.6. The van der Waals surface area contributed by atoms with E-state index in [-0.39, 0.29) is 5.91 Å². The predicted molar refractivity (Wildman–Crippen MR) is 88.7 cm³/mol. The van der Waals surface area contributed by atoms with Crippen molar-refractivity contribution in [1.29, 1.82) is 0 Å². The van der Waals surface area contributed by atoms with Gasteiger partial charge in [0.25, 0.3) is 0 Å². The average molecular weight is 369 g/mol. The van der Waals surface area contributed by atoms with Crippen LogP contribution in [0.2, 0.25) is 0 Å². The topological polar surface area (TPSA) is 59.8 Å². The fourth-order valence-electron chi connectivity index (χ4n) is 1.71. The Bertz CT molecular complexity index is 684. The third-order valence-corrected chi connectivity index (χ3v) is 4.92. The fourth-order valence-corrected chi connectivity index (χ4v) is 3.02. The summed E-state index contributed by atoms with van der Waals surface area (Å²) >= 11 is 4.84. The van der Waals surface area contributed by atoms with Crippen molar-refractivity contribution in [3.8, 4) is 0 Å². The monoisotopic (exact) mass is 368 g/mol. The van der Waals surface area contributed by atoms with Crippen molar-refractivity contribution >= 4 is 39.3 Å². The summed E-state index contributed by atoms with van der Waals surface area (Å²) in [5.74, 6) is 1.06.